The Hall–Kier alpha value is 0.440. The first-order valence-corrected chi connectivity index (χ1v) is 14.1. The molecule has 0 aliphatic rings. The number of rotatable bonds is 22. The van der Waals surface area contributed by atoms with Crippen molar-refractivity contribution in [2.45, 2.75) is 167 Å². The van der Waals surface area contributed by atoms with E-state index in [4.69, 9.17) is 0 Å². The van der Waals surface area contributed by atoms with Crippen molar-refractivity contribution >= 4 is 15.9 Å². The highest BCUT2D eigenvalue weighted by molar-refractivity contribution is 9.10. The zero-order valence-electron chi connectivity index (χ0n) is 21.0. The van der Waals surface area contributed by atoms with Gasteiger partial charge in [0.05, 0.1) is 0 Å². The standard InChI is InChI=1S/C27H55Br.H3N/c1-5-8-11-14-17-20-23-26(4)27(28,24-21-18-15-12-9-6-2)25-22-19-16-13-10-7-3;/h26H,5-25H2,1-4H3;1H3. The van der Waals surface area contributed by atoms with Gasteiger partial charge in [0, 0.05) is 4.32 Å². The van der Waals surface area contributed by atoms with Crippen molar-refractivity contribution in [3.63, 3.8) is 0 Å². The molecule has 29 heavy (non-hydrogen) atoms. The van der Waals surface area contributed by atoms with Gasteiger partial charge in [0.15, 0.2) is 0 Å². The summed E-state index contributed by atoms with van der Waals surface area (Å²) in [5, 5.41) is 0. The van der Waals surface area contributed by atoms with Crippen molar-refractivity contribution in [2.24, 2.45) is 5.92 Å². The van der Waals surface area contributed by atoms with E-state index in [1.165, 1.54) is 135 Å². The second-order valence-electron chi connectivity index (χ2n) is 9.53. The summed E-state index contributed by atoms with van der Waals surface area (Å²) in [5.74, 6) is 0.824. The molecule has 0 saturated carbocycles. The normalized spacial score (nSPS) is 12.7. The molecule has 1 unspecified atom stereocenters. The van der Waals surface area contributed by atoms with E-state index in [-0.39, 0.29) is 6.15 Å². The van der Waals surface area contributed by atoms with Gasteiger partial charge in [-0.1, -0.05) is 159 Å². The second kappa shape index (κ2) is 23.1. The van der Waals surface area contributed by atoms with Crippen LogP contribution in [0, 0.1) is 5.92 Å². The zero-order chi connectivity index (χ0) is 20.9. The third-order valence-corrected chi connectivity index (χ3v) is 8.34. The molecule has 0 aromatic carbocycles. The average Bonchev–Trinajstić information content (AvgIpc) is 2.69. The molecule has 178 valence electrons. The van der Waals surface area contributed by atoms with E-state index in [2.05, 4.69) is 43.6 Å². The Kier molecular flexibility index (Phi) is 25.2. The summed E-state index contributed by atoms with van der Waals surface area (Å²) in [5.41, 5.74) is 0. The molecule has 1 atom stereocenters. The molecule has 0 bridgehead atoms. The molecule has 0 aliphatic carbocycles. The van der Waals surface area contributed by atoms with E-state index in [0.717, 1.165) is 5.92 Å². The van der Waals surface area contributed by atoms with Crippen LogP contribution in [0.2, 0.25) is 0 Å². The lowest BCUT2D eigenvalue weighted by molar-refractivity contribution is 0.319. The fourth-order valence-corrected chi connectivity index (χ4v) is 5.30. The molecule has 0 radical (unpaired) electrons. The topological polar surface area (TPSA) is 35.0 Å². The SMILES string of the molecule is CCCCCCCCC(C)C(Br)(CCCCCCCC)CCCCCCCC.N. The van der Waals surface area contributed by atoms with Crippen molar-refractivity contribution in [1.82, 2.24) is 6.15 Å². The maximum atomic E-state index is 4.31. The van der Waals surface area contributed by atoms with Crippen LogP contribution in [0.3, 0.4) is 0 Å². The van der Waals surface area contributed by atoms with Gasteiger partial charge in [0.25, 0.3) is 0 Å². The summed E-state index contributed by atoms with van der Waals surface area (Å²) >= 11 is 4.31. The Morgan fingerprint density at radius 1 is 0.517 bits per heavy atom. The molecule has 1 nitrogen and oxygen atoms in total. The predicted molar refractivity (Wildman–Crippen MR) is 140 cm³/mol. The Morgan fingerprint density at radius 3 is 1.21 bits per heavy atom. The molecule has 0 amide bonds. The van der Waals surface area contributed by atoms with Gasteiger partial charge in [-0.05, 0) is 25.2 Å². The predicted octanol–water partition coefficient (Wildman–Crippen LogP) is 11.2. The first-order valence-electron chi connectivity index (χ1n) is 13.3. The average molecular weight is 477 g/mol. The summed E-state index contributed by atoms with van der Waals surface area (Å²) in [6, 6.07) is 0. The van der Waals surface area contributed by atoms with Crippen LogP contribution in [-0.4, -0.2) is 4.32 Å². The lowest BCUT2D eigenvalue weighted by Crippen LogP contribution is -2.30. The van der Waals surface area contributed by atoms with E-state index >= 15 is 0 Å². The molecule has 0 aromatic rings. The highest BCUT2D eigenvalue weighted by atomic mass is 79.9. The molecule has 0 aliphatic heterocycles. The second-order valence-corrected chi connectivity index (χ2v) is 11.1. The van der Waals surface area contributed by atoms with Crippen LogP contribution in [0.5, 0.6) is 0 Å². The number of halogens is 1. The van der Waals surface area contributed by atoms with E-state index in [1.807, 2.05) is 0 Å². The molecule has 2 heteroatoms. The highest BCUT2D eigenvalue weighted by Crippen LogP contribution is 2.41. The summed E-state index contributed by atoms with van der Waals surface area (Å²) in [7, 11) is 0. The van der Waals surface area contributed by atoms with Crippen LogP contribution in [-0.2, 0) is 0 Å². The van der Waals surface area contributed by atoms with Gasteiger partial charge in [-0.2, -0.15) is 0 Å². The third kappa shape index (κ3) is 18.9. The largest absolute Gasteiger partial charge is 0.344 e. The van der Waals surface area contributed by atoms with Gasteiger partial charge < -0.3 is 6.15 Å². The minimum absolute atomic E-state index is 0. The first-order chi connectivity index (χ1) is 13.6. The van der Waals surface area contributed by atoms with Crippen molar-refractivity contribution in [3.8, 4) is 0 Å². The van der Waals surface area contributed by atoms with Crippen LogP contribution >= 0.6 is 15.9 Å². The summed E-state index contributed by atoms with van der Waals surface area (Å²) < 4.78 is 0.409. The van der Waals surface area contributed by atoms with Crippen LogP contribution in [0.1, 0.15) is 163 Å². The van der Waals surface area contributed by atoms with Gasteiger partial charge in [-0.3, -0.25) is 0 Å². The summed E-state index contributed by atoms with van der Waals surface area (Å²) in [6.45, 7) is 9.47. The Balaban J connectivity index is 0. The van der Waals surface area contributed by atoms with Gasteiger partial charge in [0.2, 0.25) is 0 Å². The minimum atomic E-state index is 0. The number of alkyl halides is 1. The smallest absolute Gasteiger partial charge is 0.0283 e. The lowest BCUT2D eigenvalue weighted by Gasteiger charge is -2.34. The first kappa shape index (κ1) is 31.6. The third-order valence-electron chi connectivity index (χ3n) is 6.77. The van der Waals surface area contributed by atoms with Gasteiger partial charge in [-0.15, -0.1) is 0 Å². The van der Waals surface area contributed by atoms with E-state index < -0.39 is 0 Å². The minimum Gasteiger partial charge on any atom is -0.344 e. The van der Waals surface area contributed by atoms with Crippen molar-refractivity contribution in [2.75, 3.05) is 0 Å². The monoisotopic (exact) mass is 475 g/mol. The van der Waals surface area contributed by atoms with Crippen LogP contribution in [0.25, 0.3) is 0 Å². The molecule has 0 heterocycles. The quantitative estimate of drug-likeness (QED) is 0.122. The van der Waals surface area contributed by atoms with Crippen molar-refractivity contribution < 1.29 is 0 Å². The van der Waals surface area contributed by atoms with Gasteiger partial charge in [0.1, 0.15) is 0 Å². The molecule has 0 spiro atoms. The summed E-state index contributed by atoms with van der Waals surface area (Å²) in [4.78, 5) is 0. The van der Waals surface area contributed by atoms with Crippen LogP contribution < -0.4 is 6.15 Å². The zero-order valence-corrected chi connectivity index (χ0v) is 22.6. The van der Waals surface area contributed by atoms with E-state index in [0.29, 0.717) is 4.32 Å². The summed E-state index contributed by atoms with van der Waals surface area (Å²) in [6.07, 6.45) is 29.8. The number of hydrogen-bond donors (Lipinski definition) is 1. The molecule has 0 rings (SSSR count). The molecular weight excluding hydrogens is 418 g/mol. The van der Waals surface area contributed by atoms with Crippen LogP contribution in [0.15, 0.2) is 0 Å². The van der Waals surface area contributed by atoms with Crippen LogP contribution in [0.4, 0.5) is 0 Å². The van der Waals surface area contributed by atoms with E-state index in [9.17, 15) is 0 Å². The fraction of sp³-hybridized carbons (Fsp3) is 1.00. The molecule has 3 N–H and O–H groups in total. The Bertz CT molecular complexity index is 289. The fourth-order valence-electron chi connectivity index (χ4n) is 4.51. The highest BCUT2D eigenvalue weighted by Gasteiger charge is 2.31. The molecular formula is C27H58BrN. The Labute approximate surface area is 194 Å². The molecule has 0 saturated heterocycles. The van der Waals surface area contributed by atoms with Crippen molar-refractivity contribution in [3.05, 3.63) is 0 Å². The maximum absolute atomic E-state index is 4.31. The van der Waals surface area contributed by atoms with E-state index in [1.54, 1.807) is 0 Å². The maximum Gasteiger partial charge on any atom is 0.0283 e. The van der Waals surface area contributed by atoms with Gasteiger partial charge >= 0.3 is 0 Å². The number of unbranched alkanes of at least 4 members (excludes halogenated alkanes) is 15. The van der Waals surface area contributed by atoms with Crippen molar-refractivity contribution in [1.29, 1.82) is 0 Å². The lowest BCUT2D eigenvalue weighted by atomic mass is 9.81. The molecule has 0 aromatic heterocycles. The van der Waals surface area contributed by atoms with Gasteiger partial charge in [-0.25, -0.2) is 0 Å². The number of hydrogen-bond acceptors (Lipinski definition) is 1. The Morgan fingerprint density at radius 2 is 0.828 bits per heavy atom. The molecule has 0 fully saturated rings.